The van der Waals surface area contributed by atoms with Gasteiger partial charge in [0.15, 0.2) is 5.76 Å². The third-order valence-electron chi connectivity index (χ3n) is 4.89. The highest BCUT2D eigenvalue weighted by atomic mass is 32.2. The standard InChI is InChI=1S/C16H24N2O5S/c1-12-3-9-22-14(12)15(19)18-7-5-16(6-8-18)11-13(4-10-23-16)17-24(2,20)21/h3,9,13,17H,4-8,10-11H2,1-2H3/t13-/m1/s1. The molecule has 7 nitrogen and oxygen atoms in total. The number of sulfonamides is 1. The highest BCUT2D eigenvalue weighted by molar-refractivity contribution is 7.88. The maximum absolute atomic E-state index is 12.5. The van der Waals surface area contributed by atoms with Crippen molar-refractivity contribution in [2.24, 2.45) is 0 Å². The molecule has 0 aliphatic carbocycles. The molecular weight excluding hydrogens is 332 g/mol. The third kappa shape index (κ3) is 3.81. The minimum atomic E-state index is -3.22. The van der Waals surface area contributed by atoms with E-state index in [1.54, 1.807) is 11.0 Å². The predicted molar refractivity (Wildman–Crippen MR) is 88.3 cm³/mol. The molecule has 2 saturated heterocycles. The molecule has 0 aromatic carbocycles. The van der Waals surface area contributed by atoms with E-state index in [2.05, 4.69) is 4.72 Å². The quantitative estimate of drug-likeness (QED) is 0.882. The molecule has 134 valence electrons. The molecule has 2 fully saturated rings. The zero-order valence-corrected chi connectivity index (χ0v) is 14.9. The third-order valence-corrected chi connectivity index (χ3v) is 5.65. The summed E-state index contributed by atoms with van der Waals surface area (Å²) in [6, 6.07) is 1.69. The molecule has 2 aliphatic rings. The van der Waals surface area contributed by atoms with E-state index in [4.69, 9.17) is 9.15 Å². The van der Waals surface area contributed by atoms with Crippen LogP contribution in [0.3, 0.4) is 0 Å². The van der Waals surface area contributed by atoms with Gasteiger partial charge in [-0.05, 0) is 38.7 Å². The smallest absolute Gasteiger partial charge is 0.289 e. The van der Waals surface area contributed by atoms with Crippen molar-refractivity contribution in [1.82, 2.24) is 9.62 Å². The molecule has 1 amide bonds. The second-order valence-electron chi connectivity index (χ2n) is 6.84. The molecule has 1 N–H and O–H groups in total. The van der Waals surface area contributed by atoms with Crippen molar-refractivity contribution < 1.29 is 22.4 Å². The Bertz CT molecular complexity index is 704. The number of carbonyl (C=O) groups is 1. The Balaban J connectivity index is 1.61. The maximum Gasteiger partial charge on any atom is 0.289 e. The first-order chi connectivity index (χ1) is 11.3. The number of rotatable bonds is 3. The van der Waals surface area contributed by atoms with Crippen LogP contribution in [0.15, 0.2) is 16.7 Å². The highest BCUT2D eigenvalue weighted by Gasteiger charge is 2.42. The van der Waals surface area contributed by atoms with Gasteiger partial charge >= 0.3 is 0 Å². The molecule has 8 heteroatoms. The van der Waals surface area contributed by atoms with Gasteiger partial charge in [-0.2, -0.15) is 0 Å². The monoisotopic (exact) mass is 356 g/mol. The Kier molecular flexibility index (Phi) is 4.72. The van der Waals surface area contributed by atoms with Crippen molar-refractivity contribution in [3.8, 4) is 0 Å². The van der Waals surface area contributed by atoms with Gasteiger partial charge in [0.1, 0.15) is 0 Å². The van der Waals surface area contributed by atoms with Gasteiger partial charge in [0.2, 0.25) is 10.0 Å². The fourth-order valence-electron chi connectivity index (χ4n) is 3.63. The van der Waals surface area contributed by atoms with E-state index in [9.17, 15) is 13.2 Å². The summed E-state index contributed by atoms with van der Waals surface area (Å²) in [7, 11) is -3.22. The van der Waals surface area contributed by atoms with Gasteiger partial charge in [-0.25, -0.2) is 13.1 Å². The minimum Gasteiger partial charge on any atom is -0.459 e. The van der Waals surface area contributed by atoms with Crippen molar-refractivity contribution in [3.63, 3.8) is 0 Å². The molecule has 0 bridgehead atoms. The van der Waals surface area contributed by atoms with Crippen LogP contribution in [-0.4, -0.2) is 56.8 Å². The Morgan fingerprint density at radius 1 is 1.38 bits per heavy atom. The number of nitrogens with one attached hydrogen (secondary N) is 1. The first-order valence-electron chi connectivity index (χ1n) is 8.23. The SMILES string of the molecule is Cc1ccoc1C(=O)N1CCC2(CC1)C[C@H](NS(C)(=O)=O)CCO2. The van der Waals surface area contributed by atoms with Crippen molar-refractivity contribution in [3.05, 3.63) is 23.7 Å². The summed E-state index contributed by atoms with van der Waals surface area (Å²) >= 11 is 0. The molecule has 24 heavy (non-hydrogen) atoms. The van der Waals surface area contributed by atoms with Crippen molar-refractivity contribution in [1.29, 1.82) is 0 Å². The Labute approximate surface area is 142 Å². The van der Waals surface area contributed by atoms with Crippen LogP contribution in [0.1, 0.15) is 41.8 Å². The Morgan fingerprint density at radius 2 is 2.08 bits per heavy atom. The normalized spacial score (nSPS) is 24.2. The van der Waals surface area contributed by atoms with E-state index in [1.807, 2.05) is 6.92 Å². The fraction of sp³-hybridized carbons (Fsp3) is 0.688. The second kappa shape index (κ2) is 6.50. The largest absolute Gasteiger partial charge is 0.459 e. The van der Waals surface area contributed by atoms with Crippen LogP contribution in [-0.2, 0) is 14.8 Å². The Morgan fingerprint density at radius 3 is 2.67 bits per heavy atom. The average molecular weight is 356 g/mol. The van der Waals surface area contributed by atoms with E-state index in [1.165, 1.54) is 12.5 Å². The molecule has 0 unspecified atom stereocenters. The van der Waals surface area contributed by atoms with Crippen molar-refractivity contribution in [2.75, 3.05) is 26.0 Å². The zero-order valence-electron chi connectivity index (χ0n) is 14.1. The number of hydrogen-bond acceptors (Lipinski definition) is 5. The molecule has 1 spiro atoms. The molecule has 0 saturated carbocycles. The number of furan rings is 1. The lowest BCUT2D eigenvalue weighted by Crippen LogP contribution is -2.54. The lowest BCUT2D eigenvalue weighted by molar-refractivity contribution is -0.113. The number of aryl methyl sites for hydroxylation is 1. The number of piperidine rings is 1. The van der Waals surface area contributed by atoms with Gasteiger partial charge in [-0.1, -0.05) is 0 Å². The van der Waals surface area contributed by atoms with Crippen LogP contribution in [0.5, 0.6) is 0 Å². The molecule has 2 aliphatic heterocycles. The van der Waals surface area contributed by atoms with Crippen molar-refractivity contribution >= 4 is 15.9 Å². The molecule has 0 radical (unpaired) electrons. The lowest BCUT2D eigenvalue weighted by atomic mass is 9.82. The van der Waals surface area contributed by atoms with Crippen LogP contribution in [0.25, 0.3) is 0 Å². The summed E-state index contributed by atoms with van der Waals surface area (Å²) in [6.45, 7) is 3.57. The van der Waals surface area contributed by atoms with Crippen LogP contribution in [0.4, 0.5) is 0 Å². The number of ether oxygens (including phenoxy) is 1. The summed E-state index contributed by atoms with van der Waals surface area (Å²) in [5.41, 5.74) is 0.502. The molecule has 3 heterocycles. The molecule has 1 aromatic heterocycles. The Hall–Kier alpha value is -1.38. The number of carbonyl (C=O) groups excluding carboxylic acids is 1. The van der Waals surface area contributed by atoms with Gasteiger partial charge < -0.3 is 14.1 Å². The summed E-state index contributed by atoms with van der Waals surface area (Å²) in [5, 5.41) is 0. The number of nitrogens with zero attached hydrogens (tertiary/aromatic N) is 1. The van der Waals surface area contributed by atoms with Gasteiger partial charge in [-0.15, -0.1) is 0 Å². The highest BCUT2D eigenvalue weighted by Crippen LogP contribution is 2.35. The topological polar surface area (TPSA) is 88.9 Å². The molecular formula is C16H24N2O5S. The predicted octanol–water partition coefficient (Wildman–Crippen LogP) is 1.29. The number of hydrogen-bond donors (Lipinski definition) is 1. The van der Waals surface area contributed by atoms with E-state index in [-0.39, 0.29) is 17.6 Å². The maximum atomic E-state index is 12.5. The second-order valence-corrected chi connectivity index (χ2v) is 8.62. The summed E-state index contributed by atoms with van der Waals surface area (Å²) in [4.78, 5) is 14.3. The molecule has 1 atom stereocenters. The average Bonchev–Trinajstić information content (AvgIpc) is 2.92. The van der Waals surface area contributed by atoms with Gasteiger partial charge in [0.25, 0.3) is 5.91 Å². The van der Waals surface area contributed by atoms with Crippen LogP contribution in [0, 0.1) is 6.92 Å². The zero-order chi connectivity index (χ0) is 17.4. The lowest BCUT2D eigenvalue weighted by Gasteiger charge is -2.46. The first kappa shape index (κ1) is 17.4. The molecule has 1 aromatic rings. The van der Waals surface area contributed by atoms with Crippen LogP contribution in [0.2, 0.25) is 0 Å². The van der Waals surface area contributed by atoms with Gasteiger partial charge in [0, 0.05) is 31.3 Å². The van der Waals surface area contributed by atoms with Gasteiger partial charge in [0.05, 0.1) is 18.1 Å². The fourth-order valence-corrected chi connectivity index (χ4v) is 4.44. The van der Waals surface area contributed by atoms with E-state index in [0.29, 0.717) is 51.1 Å². The van der Waals surface area contributed by atoms with E-state index < -0.39 is 10.0 Å². The van der Waals surface area contributed by atoms with E-state index in [0.717, 1.165) is 5.56 Å². The van der Waals surface area contributed by atoms with Crippen molar-refractivity contribution in [2.45, 2.75) is 44.2 Å². The minimum absolute atomic E-state index is 0.0889. The van der Waals surface area contributed by atoms with E-state index >= 15 is 0 Å². The van der Waals surface area contributed by atoms with Crippen LogP contribution >= 0.6 is 0 Å². The molecule has 3 rings (SSSR count). The summed E-state index contributed by atoms with van der Waals surface area (Å²) in [5.74, 6) is 0.307. The number of likely N-dealkylation sites (tertiary alicyclic amines) is 1. The first-order valence-corrected chi connectivity index (χ1v) is 10.1. The number of amides is 1. The summed E-state index contributed by atoms with van der Waals surface area (Å²) < 4.78 is 36.9. The summed E-state index contributed by atoms with van der Waals surface area (Å²) in [6.07, 6.45) is 5.47. The van der Waals surface area contributed by atoms with Crippen LogP contribution < -0.4 is 4.72 Å². The van der Waals surface area contributed by atoms with Gasteiger partial charge in [-0.3, -0.25) is 4.79 Å².